The molecule has 27 heavy (non-hydrogen) atoms. The summed E-state index contributed by atoms with van der Waals surface area (Å²) in [5.74, 6) is 0.444. The molecule has 1 aromatic heterocycles. The number of amides is 1. The Morgan fingerprint density at radius 3 is 2.85 bits per heavy atom. The molecule has 2 fully saturated rings. The van der Waals surface area contributed by atoms with Crippen molar-refractivity contribution in [1.29, 1.82) is 0 Å². The number of nitrogens with zero attached hydrogens (tertiary/aromatic N) is 3. The number of thiazole rings is 1. The summed E-state index contributed by atoms with van der Waals surface area (Å²) < 4.78 is 7.60. The van der Waals surface area contributed by atoms with E-state index >= 15 is 0 Å². The van der Waals surface area contributed by atoms with Gasteiger partial charge in [-0.15, -0.1) is 0 Å². The molecule has 1 saturated carbocycles. The first kappa shape index (κ1) is 19.3. The van der Waals surface area contributed by atoms with Crippen LogP contribution in [-0.2, 0) is 9.53 Å². The Kier molecular flexibility index (Phi) is 6.42. The number of anilines is 1. The molecule has 1 amide bonds. The van der Waals surface area contributed by atoms with Crippen molar-refractivity contribution in [3.63, 3.8) is 0 Å². The van der Waals surface area contributed by atoms with Gasteiger partial charge in [0.2, 0.25) is 5.91 Å². The van der Waals surface area contributed by atoms with Crippen LogP contribution in [0.3, 0.4) is 0 Å². The first-order valence-electron chi connectivity index (χ1n) is 9.88. The highest BCUT2D eigenvalue weighted by Gasteiger charge is 2.29. The fourth-order valence-corrected chi connectivity index (χ4v) is 5.52. The largest absolute Gasteiger partial charge is 0.379 e. The van der Waals surface area contributed by atoms with Gasteiger partial charge in [-0.05, 0) is 37.5 Å². The van der Waals surface area contributed by atoms with Crippen molar-refractivity contribution in [2.75, 3.05) is 44.3 Å². The molecule has 146 valence electrons. The summed E-state index contributed by atoms with van der Waals surface area (Å²) in [6.45, 7) is 5.37. The minimum Gasteiger partial charge on any atom is -0.379 e. The van der Waals surface area contributed by atoms with Gasteiger partial charge in [-0.3, -0.25) is 14.6 Å². The van der Waals surface area contributed by atoms with E-state index in [1.807, 2.05) is 17.0 Å². The normalized spacial score (nSPS) is 19.0. The van der Waals surface area contributed by atoms with E-state index in [1.54, 1.807) is 11.3 Å². The zero-order chi connectivity index (χ0) is 18.6. The van der Waals surface area contributed by atoms with Crippen LogP contribution >= 0.6 is 27.3 Å². The maximum Gasteiger partial charge on any atom is 0.231 e. The Balaban J connectivity index is 1.49. The molecule has 1 aliphatic heterocycles. The quantitative estimate of drug-likeness (QED) is 0.656. The number of rotatable bonds is 6. The number of carbonyl (C=O) groups is 1. The number of hydrogen-bond acceptors (Lipinski definition) is 5. The van der Waals surface area contributed by atoms with E-state index < -0.39 is 0 Å². The third-order valence-corrected chi connectivity index (χ3v) is 7.03. The summed E-state index contributed by atoms with van der Waals surface area (Å²) >= 11 is 5.15. The summed E-state index contributed by atoms with van der Waals surface area (Å²) in [6, 6.07) is 6.11. The van der Waals surface area contributed by atoms with Crippen LogP contribution in [0.5, 0.6) is 0 Å². The zero-order valence-corrected chi connectivity index (χ0v) is 17.9. The van der Waals surface area contributed by atoms with E-state index in [2.05, 4.69) is 26.9 Å². The molecule has 1 aromatic carbocycles. The average molecular weight is 452 g/mol. The van der Waals surface area contributed by atoms with E-state index in [0.717, 1.165) is 78.5 Å². The fraction of sp³-hybridized carbons (Fsp3) is 0.600. The van der Waals surface area contributed by atoms with E-state index in [-0.39, 0.29) is 11.8 Å². The van der Waals surface area contributed by atoms with Crippen molar-refractivity contribution in [2.45, 2.75) is 32.1 Å². The second-order valence-corrected chi connectivity index (χ2v) is 9.31. The highest BCUT2D eigenvalue weighted by atomic mass is 79.9. The van der Waals surface area contributed by atoms with Crippen LogP contribution in [0.1, 0.15) is 32.1 Å². The lowest BCUT2D eigenvalue weighted by molar-refractivity contribution is -0.122. The highest BCUT2D eigenvalue weighted by Crippen LogP contribution is 2.34. The molecule has 0 N–H and O–H groups in total. The van der Waals surface area contributed by atoms with Gasteiger partial charge in [0.15, 0.2) is 5.13 Å². The van der Waals surface area contributed by atoms with E-state index in [0.29, 0.717) is 0 Å². The molecule has 0 unspecified atom stereocenters. The van der Waals surface area contributed by atoms with Gasteiger partial charge in [0, 0.05) is 36.6 Å². The number of fused-ring (bicyclic) bond motifs is 1. The Labute approximate surface area is 172 Å². The zero-order valence-electron chi connectivity index (χ0n) is 15.5. The third-order valence-electron chi connectivity index (χ3n) is 5.50. The van der Waals surface area contributed by atoms with Crippen LogP contribution in [0, 0.1) is 5.92 Å². The lowest BCUT2D eigenvalue weighted by atomic mass is 10.1. The monoisotopic (exact) mass is 451 g/mol. The van der Waals surface area contributed by atoms with Crippen molar-refractivity contribution in [2.24, 2.45) is 5.92 Å². The van der Waals surface area contributed by atoms with Gasteiger partial charge in [-0.25, -0.2) is 4.98 Å². The van der Waals surface area contributed by atoms with Crippen LogP contribution in [0.4, 0.5) is 5.13 Å². The predicted molar refractivity (Wildman–Crippen MR) is 114 cm³/mol. The number of aromatic nitrogens is 1. The molecule has 5 nitrogen and oxygen atoms in total. The second-order valence-electron chi connectivity index (χ2n) is 7.39. The highest BCUT2D eigenvalue weighted by molar-refractivity contribution is 9.10. The van der Waals surface area contributed by atoms with Crippen molar-refractivity contribution in [1.82, 2.24) is 9.88 Å². The SMILES string of the molecule is O=C(C1CCCC1)N(CCCN1CCOCC1)c1nc2ccc(Br)cc2s1. The number of ether oxygens (including phenoxy) is 1. The molecule has 7 heteroatoms. The van der Waals surface area contributed by atoms with E-state index in [1.165, 1.54) is 12.8 Å². The summed E-state index contributed by atoms with van der Waals surface area (Å²) in [6.07, 6.45) is 5.36. The molecular weight excluding hydrogens is 426 g/mol. The van der Waals surface area contributed by atoms with Crippen LogP contribution < -0.4 is 4.90 Å². The molecule has 0 bridgehead atoms. The van der Waals surface area contributed by atoms with Crippen molar-refractivity contribution >= 4 is 48.5 Å². The van der Waals surface area contributed by atoms with Crippen molar-refractivity contribution in [3.05, 3.63) is 22.7 Å². The van der Waals surface area contributed by atoms with Gasteiger partial charge in [0.25, 0.3) is 0 Å². The Morgan fingerprint density at radius 2 is 2.07 bits per heavy atom. The summed E-state index contributed by atoms with van der Waals surface area (Å²) in [5, 5.41) is 0.849. The number of carbonyl (C=O) groups excluding carboxylic acids is 1. The number of halogens is 1. The fourth-order valence-electron chi connectivity index (χ4n) is 3.97. The molecule has 4 rings (SSSR count). The minimum atomic E-state index is 0.173. The molecular formula is C20H26BrN3O2S. The summed E-state index contributed by atoms with van der Waals surface area (Å²) in [5.41, 5.74) is 0.968. The topological polar surface area (TPSA) is 45.7 Å². The minimum absolute atomic E-state index is 0.173. The lowest BCUT2D eigenvalue weighted by Gasteiger charge is -2.28. The molecule has 2 aromatic rings. The number of morpholine rings is 1. The second kappa shape index (κ2) is 8.99. The van der Waals surface area contributed by atoms with E-state index in [4.69, 9.17) is 9.72 Å². The van der Waals surface area contributed by atoms with Crippen LogP contribution in [0.25, 0.3) is 10.2 Å². The van der Waals surface area contributed by atoms with Crippen LogP contribution in [0.2, 0.25) is 0 Å². The van der Waals surface area contributed by atoms with Gasteiger partial charge in [-0.2, -0.15) is 0 Å². The summed E-state index contributed by atoms with van der Waals surface area (Å²) in [4.78, 5) is 22.4. The van der Waals surface area contributed by atoms with Gasteiger partial charge >= 0.3 is 0 Å². The Morgan fingerprint density at radius 1 is 1.30 bits per heavy atom. The lowest BCUT2D eigenvalue weighted by Crippen LogP contribution is -2.40. The smallest absolute Gasteiger partial charge is 0.231 e. The Hall–Kier alpha value is -1.02. The maximum atomic E-state index is 13.2. The van der Waals surface area contributed by atoms with Gasteiger partial charge in [-0.1, -0.05) is 40.1 Å². The number of hydrogen-bond donors (Lipinski definition) is 0. The molecule has 2 heterocycles. The standard InChI is InChI=1S/C20H26BrN3O2S/c21-16-6-7-17-18(14-16)27-20(22-17)24(19(25)15-4-1-2-5-15)9-3-8-23-10-12-26-13-11-23/h6-7,14-15H,1-5,8-13H2. The Bertz CT molecular complexity index is 785. The average Bonchev–Trinajstić information content (AvgIpc) is 3.35. The van der Waals surface area contributed by atoms with E-state index in [9.17, 15) is 4.79 Å². The van der Waals surface area contributed by atoms with Crippen molar-refractivity contribution < 1.29 is 9.53 Å². The molecule has 2 aliphatic rings. The van der Waals surface area contributed by atoms with Crippen LogP contribution in [0.15, 0.2) is 22.7 Å². The van der Waals surface area contributed by atoms with Crippen LogP contribution in [-0.4, -0.2) is 55.2 Å². The first-order chi connectivity index (χ1) is 13.2. The molecule has 1 aliphatic carbocycles. The number of benzene rings is 1. The predicted octanol–water partition coefficient (Wildman–Crippen LogP) is 4.30. The van der Waals surface area contributed by atoms with Crippen molar-refractivity contribution in [3.8, 4) is 0 Å². The van der Waals surface area contributed by atoms with Gasteiger partial charge in [0.05, 0.1) is 23.4 Å². The maximum absolute atomic E-state index is 13.2. The van der Waals surface area contributed by atoms with Gasteiger partial charge in [0.1, 0.15) is 0 Å². The van der Waals surface area contributed by atoms with Gasteiger partial charge < -0.3 is 4.74 Å². The molecule has 0 radical (unpaired) electrons. The third kappa shape index (κ3) is 4.70. The molecule has 1 saturated heterocycles. The molecule has 0 spiro atoms. The first-order valence-corrected chi connectivity index (χ1v) is 11.5. The molecule has 0 atom stereocenters. The summed E-state index contributed by atoms with van der Waals surface area (Å²) in [7, 11) is 0.